The van der Waals surface area contributed by atoms with Crippen LogP contribution >= 0.6 is 0 Å². The van der Waals surface area contributed by atoms with Crippen LogP contribution in [0, 0.1) is 6.92 Å². The first-order chi connectivity index (χ1) is 12.7. The van der Waals surface area contributed by atoms with Gasteiger partial charge in [0.15, 0.2) is 0 Å². The normalized spacial score (nSPS) is 17.1. The second-order valence-electron chi connectivity index (χ2n) is 7.01. The van der Waals surface area contributed by atoms with Crippen LogP contribution in [-0.2, 0) is 17.8 Å². The maximum absolute atomic E-state index is 13.0. The van der Waals surface area contributed by atoms with Crippen molar-refractivity contribution < 1.29 is 4.79 Å². The van der Waals surface area contributed by atoms with E-state index in [4.69, 9.17) is 0 Å². The molecule has 1 fully saturated rings. The second-order valence-corrected chi connectivity index (χ2v) is 7.01. The third-order valence-corrected chi connectivity index (χ3v) is 5.35. The molecule has 1 unspecified atom stereocenters. The number of likely N-dealkylation sites (tertiary alicyclic amines) is 1. The molecule has 4 rings (SSSR count). The molecule has 5 nitrogen and oxygen atoms in total. The fraction of sp³-hybridized carbons (Fsp3) is 0.381. The second kappa shape index (κ2) is 7.28. The van der Waals surface area contributed by atoms with Gasteiger partial charge in [0, 0.05) is 25.0 Å². The number of benzene rings is 1. The number of carbonyl (C=O) groups is 1. The zero-order chi connectivity index (χ0) is 17.9. The van der Waals surface area contributed by atoms with Crippen LogP contribution in [0.3, 0.4) is 0 Å². The molecular formula is C21H24N4O. The summed E-state index contributed by atoms with van der Waals surface area (Å²) < 4.78 is 2.04. The van der Waals surface area contributed by atoms with Crippen LogP contribution in [0.15, 0.2) is 48.8 Å². The molecule has 2 aromatic heterocycles. The number of hydrogen-bond donors (Lipinski definition) is 0. The summed E-state index contributed by atoms with van der Waals surface area (Å²) in [5.41, 5.74) is 3.27. The van der Waals surface area contributed by atoms with E-state index in [2.05, 4.69) is 27.0 Å². The molecule has 1 amide bonds. The Hall–Kier alpha value is -2.69. The van der Waals surface area contributed by atoms with Crippen LogP contribution in [0.1, 0.15) is 30.7 Å². The molecule has 0 saturated carbocycles. The minimum atomic E-state index is 0.202. The molecule has 1 atom stereocenters. The highest BCUT2D eigenvalue weighted by molar-refractivity contribution is 5.81. The number of aromatic nitrogens is 3. The van der Waals surface area contributed by atoms with Crippen molar-refractivity contribution >= 4 is 16.9 Å². The number of pyridine rings is 1. The first-order valence-electron chi connectivity index (χ1n) is 9.32. The zero-order valence-electron chi connectivity index (χ0n) is 15.1. The average molecular weight is 348 g/mol. The Morgan fingerprint density at radius 3 is 2.85 bits per heavy atom. The number of fused-ring (bicyclic) bond motifs is 1. The van der Waals surface area contributed by atoms with Gasteiger partial charge in [-0.15, -0.1) is 0 Å². The van der Waals surface area contributed by atoms with E-state index in [0.29, 0.717) is 12.6 Å². The first kappa shape index (κ1) is 16.8. The number of aryl methyl sites for hydroxylation is 2. The predicted molar refractivity (Wildman–Crippen MR) is 102 cm³/mol. The highest BCUT2D eigenvalue weighted by Crippen LogP contribution is 2.23. The van der Waals surface area contributed by atoms with E-state index in [1.165, 1.54) is 5.56 Å². The molecule has 5 heteroatoms. The molecule has 26 heavy (non-hydrogen) atoms. The van der Waals surface area contributed by atoms with Crippen LogP contribution < -0.4 is 0 Å². The maximum atomic E-state index is 13.0. The standard InChI is InChI=1S/C21H24N4O/c1-16-23-19-6-2-3-7-20(19)25(16)15-21(26)24-14-4-5-18(24)9-8-17-10-12-22-13-11-17/h2-3,6-7,10-13,18H,4-5,8-9,14-15H2,1H3. The largest absolute Gasteiger partial charge is 0.338 e. The number of rotatable bonds is 5. The lowest BCUT2D eigenvalue weighted by atomic mass is 10.0. The number of imidazole rings is 1. The highest BCUT2D eigenvalue weighted by Gasteiger charge is 2.28. The van der Waals surface area contributed by atoms with E-state index in [-0.39, 0.29) is 5.91 Å². The molecule has 0 radical (unpaired) electrons. The van der Waals surface area contributed by atoms with Gasteiger partial charge in [0.05, 0.1) is 11.0 Å². The summed E-state index contributed by atoms with van der Waals surface area (Å²) in [6.07, 6.45) is 7.86. The fourth-order valence-corrected chi connectivity index (χ4v) is 3.97. The number of carbonyl (C=O) groups excluding carboxylic acids is 1. The van der Waals surface area contributed by atoms with Crippen molar-refractivity contribution in [2.75, 3.05) is 6.54 Å². The minimum absolute atomic E-state index is 0.202. The summed E-state index contributed by atoms with van der Waals surface area (Å²) in [6.45, 7) is 3.21. The number of hydrogen-bond acceptors (Lipinski definition) is 3. The number of nitrogens with zero attached hydrogens (tertiary/aromatic N) is 4. The molecule has 134 valence electrons. The molecule has 1 aliphatic rings. The Labute approximate surface area is 153 Å². The van der Waals surface area contributed by atoms with Crippen molar-refractivity contribution in [3.05, 3.63) is 60.2 Å². The summed E-state index contributed by atoms with van der Waals surface area (Å²) in [5, 5.41) is 0. The molecule has 1 aliphatic heterocycles. The van der Waals surface area contributed by atoms with Crippen molar-refractivity contribution in [3.63, 3.8) is 0 Å². The van der Waals surface area contributed by atoms with Crippen LogP contribution in [0.5, 0.6) is 0 Å². The maximum Gasteiger partial charge on any atom is 0.242 e. The van der Waals surface area contributed by atoms with Gasteiger partial charge in [-0.2, -0.15) is 0 Å². The molecule has 0 bridgehead atoms. The topological polar surface area (TPSA) is 51.0 Å². The Morgan fingerprint density at radius 2 is 2.00 bits per heavy atom. The van der Waals surface area contributed by atoms with E-state index >= 15 is 0 Å². The van der Waals surface area contributed by atoms with Crippen molar-refractivity contribution in [3.8, 4) is 0 Å². The quantitative estimate of drug-likeness (QED) is 0.710. The van der Waals surface area contributed by atoms with E-state index in [9.17, 15) is 4.79 Å². The lowest BCUT2D eigenvalue weighted by Gasteiger charge is -2.25. The van der Waals surface area contributed by atoms with E-state index < -0.39 is 0 Å². The van der Waals surface area contributed by atoms with Gasteiger partial charge in [0.1, 0.15) is 12.4 Å². The Bertz CT molecular complexity index is 903. The fourth-order valence-electron chi connectivity index (χ4n) is 3.97. The molecule has 1 aromatic carbocycles. The molecule has 0 N–H and O–H groups in total. The summed E-state index contributed by atoms with van der Waals surface area (Å²) in [4.78, 5) is 23.7. The molecule has 3 aromatic rings. The lowest BCUT2D eigenvalue weighted by Crippen LogP contribution is -2.38. The van der Waals surface area contributed by atoms with Crippen LogP contribution in [0.4, 0.5) is 0 Å². The van der Waals surface area contributed by atoms with Crippen molar-refractivity contribution in [1.29, 1.82) is 0 Å². The van der Waals surface area contributed by atoms with E-state index in [1.807, 2.05) is 48.1 Å². The van der Waals surface area contributed by atoms with Crippen LogP contribution in [-0.4, -0.2) is 37.9 Å². The van der Waals surface area contributed by atoms with Crippen molar-refractivity contribution in [1.82, 2.24) is 19.4 Å². The third kappa shape index (κ3) is 3.34. The Balaban J connectivity index is 1.45. The van der Waals surface area contributed by atoms with Gasteiger partial charge in [-0.1, -0.05) is 12.1 Å². The van der Waals surface area contributed by atoms with E-state index in [1.54, 1.807) is 0 Å². The van der Waals surface area contributed by atoms with Gasteiger partial charge in [-0.3, -0.25) is 9.78 Å². The van der Waals surface area contributed by atoms with Gasteiger partial charge < -0.3 is 9.47 Å². The first-order valence-corrected chi connectivity index (χ1v) is 9.32. The summed E-state index contributed by atoms with van der Waals surface area (Å²) in [5.74, 6) is 1.10. The average Bonchev–Trinajstić information content (AvgIpc) is 3.26. The predicted octanol–water partition coefficient (Wildman–Crippen LogP) is 3.36. The molecule has 0 spiro atoms. The van der Waals surface area contributed by atoms with Crippen molar-refractivity contribution in [2.24, 2.45) is 0 Å². The third-order valence-electron chi connectivity index (χ3n) is 5.35. The van der Waals surface area contributed by atoms with E-state index in [0.717, 1.165) is 49.1 Å². The molecule has 1 saturated heterocycles. The smallest absolute Gasteiger partial charge is 0.242 e. The van der Waals surface area contributed by atoms with Gasteiger partial charge in [-0.05, 0) is 62.4 Å². The van der Waals surface area contributed by atoms with Gasteiger partial charge in [0.25, 0.3) is 0 Å². The lowest BCUT2D eigenvalue weighted by molar-refractivity contribution is -0.132. The number of amides is 1. The summed E-state index contributed by atoms with van der Waals surface area (Å²) in [7, 11) is 0. The molecule has 0 aliphatic carbocycles. The van der Waals surface area contributed by atoms with Crippen LogP contribution in [0.25, 0.3) is 11.0 Å². The Morgan fingerprint density at radius 1 is 1.19 bits per heavy atom. The Kier molecular flexibility index (Phi) is 4.69. The summed E-state index contributed by atoms with van der Waals surface area (Å²) in [6, 6.07) is 12.5. The van der Waals surface area contributed by atoms with Crippen LogP contribution in [0.2, 0.25) is 0 Å². The zero-order valence-corrected chi connectivity index (χ0v) is 15.1. The highest BCUT2D eigenvalue weighted by atomic mass is 16.2. The van der Waals surface area contributed by atoms with Gasteiger partial charge in [0.2, 0.25) is 5.91 Å². The van der Waals surface area contributed by atoms with Gasteiger partial charge in [-0.25, -0.2) is 4.98 Å². The number of para-hydroxylation sites is 2. The van der Waals surface area contributed by atoms with Gasteiger partial charge >= 0.3 is 0 Å². The minimum Gasteiger partial charge on any atom is -0.338 e. The summed E-state index contributed by atoms with van der Waals surface area (Å²) >= 11 is 0. The molecular weight excluding hydrogens is 324 g/mol. The SMILES string of the molecule is Cc1nc2ccccc2n1CC(=O)N1CCCC1CCc1ccncc1. The molecule has 3 heterocycles. The van der Waals surface area contributed by atoms with Crippen molar-refractivity contribution in [2.45, 2.75) is 45.2 Å². The monoisotopic (exact) mass is 348 g/mol.